The topological polar surface area (TPSA) is 49.0 Å². The predicted octanol–water partition coefficient (Wildman–Crippen LogP) is 4.00. The van der Waals surface area contributed by atoms with E-state index in [4.69, 9.17) is 0 Å². The summed E-state index contributed by atoms with van der Waals surface area (Å²) in [4.78, 5) is 21.2. The van der Waals surface area contributed by atoms with Gasteiger partial charge in [-0.25, -0.2) is 4.98 Å². The minimum absolute atomic E-state index is 0.268. The van der Waals surface area contributed by atoms with E-state index in [2.05, 4.69) is 9.97 Å². The summed E-state index contributed by atoms with van der Waals surface area (Å²) >= 11 is 0. The van der Waals surface area contributed by atoms with Gasteiger partial charge < -0.3 is 9.88 Å². The highest BCUT2D eigenvalue weighted by Gasteiger charge is 2.30. The third kappa shape index (κ3) is 3.09. The van der Waals surface area contributed by atoms with Crippen LogP contribution in [0.2, 0.25) is 0 Å². The van der Waals surface area contributed by atoms with Crippen molar-refractivity contribution in [3.05, 3.63) is 75.3 Å². The number of alkyl halides is 3. The smallest absolute Gasteiger partial charge is 0.369 e. The fraction of sp³-hybridized carbons (Fsp3) is 0.200. The first-order valence-electron chi connectivity index (χ1n) is 8.41. The Morgan fingerprint density at radius 1 is 1.26 bits per heavy atom. The van der Waals surface area contributed by atoms with Gasteiger partial charge in [0.2, 0.25) is 0 Å². The van der Waals surface area contributed by atoms with Gasteiger partial charge in [-0.1, -0.05) is 30.4 Å². The number of nitrogens with zero attached hydrogens (tertiary/aromatic N) is 2. The molecular formula is C20H16F3N3O. The zero-order chi connectivity index (χ0) is 19.2. The lowest BCUT2D eigenvalue weighted by molar-refractivity contribution is -0.137. The van der Waals surface area contributed by atoms with Crippen LogP contribution in [0.5, 0.6) is 0 Å². The molecule has 0 radical (unpaired) electrons. The van der Waals surface area contributed by atoms with Gasteiger partial charge in [0, 0.05) is 19.2 Å². The number of nitrogens with one attached hydrogen (secondary N) is 1. The van der Waals surface area contributed by atoms with Crippen LogP contribution in [0, 0.1) is 0 Å². The molecule has 138 valence electrons. The highest BCUT2D eigenvalue weighted by atomic mass is 19.4. The minimum Gasteiger partial charge on any atom is -0.369 e. The first-order valence-corrected chi connectivity index (χ1v) is 8.41. The average molecular weight is 371 g/mol. The lowest BCUT2D eigenvalue weighted by Gasteiger charge is -2.26. The Kier molecular flexibility index (Phi) is 4.02. The Labute approximate surface area is 153 Å². The Morgan fingerprint density at radius 3 is 2.85 bits per heavy atom. The van der Waals surface area contributed by atoms with Gasteiger partial charge in [0.05, 0.1) is 23.0 Å². The highest BCUT2D eigenvalue weighted by molar-refractivity contribution is 5.97. The van der Waals surface area contributed by atoms with Gasteiger partial charge in [-0.05, 0) is 29.7 Å². The number of rotatable bonds is 2. The largest absolute Gasteiger partial charge is 0.416 e. The van der Waals surface area contributed by atoms with Crippen LogP contribution < -0.4 is 10.5 Å². The molecule has 3 aromatic rings. The molecule has 0 unspecified atom stereocenters. The number of hydrogen-bond donors (Lipinski definition) is 1. The lowest BCUT2D eigenvalue weighted by atomic mass is 9.93. The number of aromatic nitrogens is 2. The molecule has 4 nitrogen and oxygen atoms in total. The van der Waals surface area contributed by atoms with Gasteiger partial charge in [-0.3, -0.25) is 4.79 Å². The number of hydrogen-bond acceptors (Lipinski definition) is 3. The molecule has 0 aliphatic carbocycles. The highest BCUT2D eigenvalue weighted by Crippen LogP contribution is 2.35. The molecule has 0 spiro atoms. The first kappa shape index (κ1) is 17.3. The number of H-pyrrole nitrogens is 1. The maximum absolute atomic E-state index is 13.0. The zero-order valence-corrected chi connectivity index (χ0v) is 14.5. The second kappa shape index (κ2) is 6.26. The van der Waals surface area contributed by atoms with Gasteiger partial charge in [-0.15, -0.1) is 0 Å². The summed E-state index contributed by atoms with van der Waals surface area (Å²) < 4.78 is 39.1. The Morgan fingerprint density at radius 2 is 2.07 bits per heavy atom. The zero-order valence-electron chi connectivity index (χ0n) is 14.5. The van der Waals surface area contributed by atoms with E-state index in [-0.39, 0.29) is 12.0 Å². The van der Waals surface area contributed by atoms with Crippen molar-refractivity contribution in [3.63, 3.8) is 0 Å². The molecular weight excluding hydrogens is 355 g/mol. The van der Waals surface area contributed by atoms with Gasteiger partial charge in [0.25, 0.3) is 5.56 Å². The fourth-order valence-electron chi connectivity index (χ4n) is 3.48. The number of halogens is 3. The summed E-state index contributed by atoms with van der Waals surface area (Å²) in [5.41, 5.74) is 2.67. The van der Waals surface area contributed by atoms with Crippen molar-refractivity contribution >= 4 is 22.7 Å². The summed E-state index contributed by atoms with van der Waals surface area (Å²) in [6.07, 6.45) is 1.19. The van der Waals surface area contributed by atoms with E-state index in [9.17, 15) is 18.0 Å². The van der Waals surface area contributed by atoms with Crippen LogP contribution in [0.3, 0.4) is 0 Å². The number of fused-ring (bicyclic) bond motifs is 3. The molecule has 2 aromatic carbocycles. The normalized spacial score (nSPS) is 13.9. The third-order valence-electron chi connectivity index (χ3n) is 4.73. The molecule has 4 rings (SSSR count). The number of anilines is 1. The molecule has 1 aromatic heterocycles. The maximum Gasteiger partial charge on any atom is 0.416 e. The van der Waals surface area contributed by atoms with Crippen LogP contribution in [0.15, 0.2) is 47.5 Å². The van der Waals surface area contributed by atoms with Gasteiger partial charge in [0.1, 0.15) is 5.52 Å². The molecule has 1 aliphatic heterocycles. The van der Waals surface area contributed by atoms with E-state index >= 15 is 0 Å². The minimum atomic E-state index is -4.39. The van der Waals surface area contributed by atoms with Crippen molar-refractivity contribution < 1.29 is 13.2 Å². The second-order valence-electron chi connectivity index (χ2n) is 6.58. The molecule has 0 bridgehead atoms. The lowest BCUT2D eigenvalue weighted by Crippen LogP contribution is -2.23. The number of likely N-dealkylation sites (N-methyl/N-ethyl adjacent to an activating group) is 1. The van der Waals surface area contributed by atoms with Crippen LogP contribution in [-0.2, 0) is 12.6 Å². The molecule has 7 heteroatoms. The number of benzene rings is 2. The van der Waals surface area contributed by atoms with Crippen LogP contribution in [-0.4, -0.2) is 23.6 Å². The van der Waals surface area contributed by atoms with Crippen LogP contribution in [0.25, 0.3) is 17.0 Å². The molecule has 1 N–H and O–H groups in total. The fourth-order valence-corrected chi connectivity index (χ4v) is 3.48. The van der Waals surface area contributed by atoms with E-state index in [0.29, 0.717) is 23.0 Å². The van der Waals surface area contributed by atoms with Crippen molar-refractivity contribution in [1.82, 2.24) is 9.97 Å². The molecule has 2 heterocycles. The Balaban J connectivity index is 1.90. The van der Waals surface area contributed by atoms with E-state index in [1.165, 1.54) is 12.4 Å². The average Bonchev–Trinajstić information content (AvgIpc) is 2.62. The van der Waals surface area contributed by atoms with Crippen molar-refractivity contribution in [2.75, 3.05) is 18.5 Å². The standard InChI is InChI=1S/C20H16F3N3O/c1-26-7-3-6-15-13(8-12-4-2-5-14(9-12)20(21,22)23)10-16-17(18(15)26)24-11-25-19(16)27/h2-6,9-11H,7-8H2,1H3,(H,24,25,27). The molecule has 1 aliphatic rings. The summed E-state index contributed by atoms with van der Waals surface area (Å²) in [6.45, 7) is 0.670. The molecule has 0 amide bonds. The molecule has 0 saturated carbocycles. The monoisotopic (exact) mass is 371 g/mol. The second-order valence-corrected chi connectivity index (χ2v) is 6.58. The summed E-state index contributed by atoms with van der Waals surface area (Å²) in [5.74, 6) is 0. The summed E-state index contributed by atoms with van der Waals surface area (Å²) in [7, 11) is 1.90. The molecule has 27 heavy (non-hydrogen) atoms. The van der Waals surface area contributed by atoms with Crippen LogP contribution in [0.4, 0.5) is 18.9 Å². The van der Waals surface area contributed by atoms with Gasteiger partial charge in [0.15, 0.2) is 0 Å². The van der Waals surface area contributed by atoms with Crippen molar-refractivity contribution in [2.24, 2.45) is 0 Å². The van der Waals surface area contributed by atoms with E-state index in [1.54, 1.807) is 12.1 Å². The quantitative estimate of drug-likeness (QED) is 0.741. The van der Waals surface area contributed by atoms with E-state index in [0.717, 1.165) is 28.9 Å². The molecule has 0 atom stereocenters. The Bertz CT molecular complexity index is 1120. The van der Waals surface area contributed by atoms with E-state index < -0.39 is 11.7 Å². The molecule has 0 fully saturated rings. The van der Waals surface area contributed by atoms with Crippen LogP contribution in [0.1, 0.15) is 22.3 Å². The summed E-state index contributed by atoms with van der Waals surface area (Å²) in [6, 6.07) is 7.00. The first-order chi connectivity index (χ1) is 12.8. The van der Waals surface area contributed by atoms with E-state index in [1.807, 2.05) is 24.1 Å². The Hall–Kier alpha value is -3.09. The van der Waals surface area contributed by atoms with Gasteiger partial charge in [-0.2, -0.15) is 13.2 Å². The van der Waals surface area contributed by atoms with Crippen LogP contribution >= 0.6 is 0 Å². The van der Waals surface area contributed by atoms with Gasteiger partial charge >= 0.3 is 6.18 Å². The van der Waals surface area contributed by atoms with Crippen molar-refractivity contribution in [3.8, 4) is 0 Å². The predicted molar refractivity (Wildman–Crippen MR) is 98.9 cm³/mol. The molecule has 0 saturated heterocycles. The summed E-state index contributed by atoms with van der Waals surface area (Å²) in [5, 5.41) is 0.431. The van der Waals surface area contributed by atoms with Crippen molar-refractivity contribution in [2.45, 2.75) is 12.6 Å². The third-order valence-corrected chi connectivity index (χ3v) is 4.73. The SMILES string of the molecule is CN1CC=Cc2c(Cc3cccc(C(F)(F)F)c3)cc3c(=O)[nH]cnc3c21. The maximum atomic E-state index is 13.0. The number of aromatic amines is 1. The van der Waals surface area contributed by atoms with Crippen molar-refractivity contribution in [1.29, 1.82) is 0 Å².